The lowest BCUT2D eigenvalue weighted by molar-refractivity contribution is 0.0992. The molecule has 110 valence electrons. The van der Waals surface area contributed by atoms with Gasteiger partial charge >= 0.3 is 0 Å². The molecule has 2 aromatic rings. The van der Waals surface area contributed by atoms with Gasteiger partial charge in [0.2, 0.25) is 0 Å². The van der Waals surface area contributed by atoms with Gasteiger partial charge in [-0.05, 0) is 37.3 Å². The van der Waals surface area contributed by atoms with Crippen LogP contribution in [0.2, 0.25) is 5.02 Å². The Labute approximate surface area is 127 Å². The number of carbonyl (C=O) groups excluding carboxylic acids is 1. The monoisotopic (exact) mass is 307 g/mol. The van der Waals surface area contributed by atoms with Crippen molar-refractivity contribution in [3.05, 3.63) is 52.9 Å². The number of halogens is 2. The largest absolute Gasteiger partial charge is 0.369 e. The minimum absolute atomic E-state index is 0.265. The zero-order valence-corrected chi connectivity index (χ0v) is 12.5. The Kier molecular flexibility index (Phi) is 4.75. The molecule has 0 fully saturated rings. The van der Waals surface area contributed by atoms with Crippen LogP contribution in [0.4, 0.5) is 15.9 Å². The Morgan fingerprint density at radius 1 is 1.38 bits per heavy atom. The van der Waals surface area contributed by atoms with Crippen LogP contribution in [0.5, 0.6) is 0 Å². The summed E-state index contributed by atoms with van der Waals surface area (Å²) in [6, 6.07) is 7.25. The lowest BCUT2D eigenvalue weighted by atomic mass is 10.2. The maximum Gasteiger partial charge on any atom is 0.259 e. The highest BCUT2D eigenvalue weighted by Crippen LogP contribution is 2.22. The average Bonchev–Trinajstić information content (AvgIpc) is 2.49. The van der Waals surface area contributed by atoms with Crippen molar-refractivity contribution in [3.63, 3.8) is 0 Å². The maximum absolute atomic E-state index is 12.9. The third-order valence-electron chi connectivity index (χ3n) is 2.95. The SMILES string of the molecule is CCNc1ncc(C(=O)N(C)c2ccc(F)cc2)cc1Cl. The standard InChI is InChI=1S/C15H15ClFN3O/c1-3-18-14-13(16)8-10(9-19-14)15(21)20(2)12-6-4-11(17)5-7-12/h4-9H,3H2,1-2H3,(H,18,19). The number of nitrogens with zero attached hydrogens (tertiary/aromatic N) is 2. The maximum atomic E-state index is 12.9. The number of pyridine rings is 1. The van der Waals surface area contributed by atoms with Crippen LogP contribution in [0.25, 0.3) is 0 Å². The molecule has 21 heavy (non-hydrogen) atoms. The van der Waals surface area contributed by atoms with E-state index in [1.54, 1.807) is 13.1 Å². The van der Waals surface area contributed by atoms with E-state index in [0.717, 1.165) is 0 Å². The molecule has 0 aliphatic rings. The van der Waals surface area contributed by atoms with E-state index in [2.05, 4.69) is 10.3 Å². The van der Waals surface area contributed by atoms with Crippen molar-refractivity contribution in [1.29, 1.82) is 0 Å². The first kappa shape index (κ1) is 15.3. The molecule has 0 bridgehead atoms. The first-order valence-corrected chi connectivity index (χ1v) is 6.83. The van der Waals surface area contributed by atoms with Crippen LogP contribution >= 0.6 is 11.6 Å². The fourth-order valence-electron chi connectivity index (χ4n) is 1.83. The van der Waals surface area contributed by atoms with E-state index < -0.39 is 0 Å². The first-order chi connectivity index (χ1) is 10.0. The molecule has 0 spiro atoms. The van der Waals surface area contributed by atoms with Gasteiger partial charge in [0.25, 0.3) is 5.91 Å². The highest BCUT2D eigenvalue weighted by atomic mass is 35.5. The second kappa shape index (κ2) is 6.54. The van der Waals surface area contributed by atoms with E-state index in [1.165, 1.54) is 35.4 Å². The molecule has 1 amide bonds. The molecule has 1 aromatic heterocycles. The number of nitrogens with one attached hydrogen (secondary N) is 1. The summed E-state index contributed by atoms with van der Waals surface area (Å²) in [7, 11) is 1.61. The van der Waals surface area contributed by atoms with Crippen LogP contribution in [0.3, 0.4) is 0 Å². The first-order valence-electron chi connectivity index (χ1n) is 6.46. The van der Waals surface area contributed by atoms with E-state index in [9.17, 15) is 9.18 Å². The van der Waals surface area contributed by atoms with Gasteiger partial charge in [0.15, 0.2) is 0 Å². The summed E-state index contributed by atoms with van der Waals surface area (Å²) < 4.78 is 12.9. The van der Waals surface area contributed by atoms with E-state index in [4.69, 9.17) is 11.6 Å². The third-order valence-corrected chi connectivity index (χ3v) is 3.24. The van der Waals surface area contributed by atoms with Gasteiger partial charge in [0.05, 0.1) is 10.6 Å². The number of aromatic nitrogens is 1. The van der Waals surface area contributed by atoms with Gasteiger partial charge < -0.3 is 10.2 Å². The van der Waals surface area contributed by atoms with Crippen LogP contribution in [0.15, 0.2) is 36.5 Å². The Morgan fingerprint density at radius 2 is 2.05 bits per heavy atom. The van der Waals surface area contributed by atoms with Crippen LogP contribution < -0.4 is 10.2 Å². The summed E-state index contributed by atoms with van der Waals surface area (Å²) in [5.41, 5.74) is 0.960. The predicted molar refractivity (Wildman–Crippen MR) is 82.5 cm³/mol. The molecule has 2 rings (SSSR count). The molecule has 4 nitrogen and oxygen atoms in total. The molecule has 1 aromatic carbocycles. The molecular weight excluding hydrogens is 293 g/mol. The molecule has 1 heterocycles. The molecular formula is C15H15ClFN3O. The number of anilines is 2. The van der Waals surface area contributed by atoms with Crippen molar-refractivity contribution >= 4 is 29.0 Å². The number of hydrogen-bond donors (Lipinski definition) is 1. The molecule has 0 radical (unpaired) electrons. The Hall–Kier alpha value is -2.14. The van der Waals surface area contributed by atoms with Crippen molar-refractivity contribution in [1.82, 2.24) is 4.98 Å². The van der Waals surface area contributed by atoms with Crippen LogP contribution in [0, 0.1) is 5.82 Å². The van der Waals surface area contributed by atoms with E-state index in [-0.39, 0.29) is 11.7 Å². The molecule has 0 unspecified atom stereocenters. The Bertz CT molecular complexity index is 646. The van der Waals surface area contributed by atoms with Crippen LogP contribution in [0.1, 0.15) is 17.3 Å². The van der Waals surface area contributed by atoms with Crippen molar-refractivity contribution in [3.8, 4) is 0 Å². The summed E-state index contributed by atoms with van der Waals surface area (Å²) in [6.07, 6.45) is 1.46. The summed E-state index contributed by atoms with van der Waals surface area (Å²) in [6.45, 7) is 2.62. The lowest BCUT2D eigenvalue weighted by Gasteiger charge is -2.17. The van der Waals surface area contributed by atoms with E-state index in [0.29, 0.717) is 28.6 Å². The molecule has 6 heteroatoms. The van der Waals surface area contributed by atoms with Gasteiger partial charge in [-0.2, -0.15) is 0 Å². The highest BCUT2D eigenvalue weighted by Gasteiger charge is 2.15. The molecule has 0 atom stereocenters. The van der Waals surface area contributed by atoms with Crippen LogP contribution in [-0.2, 0) is 0 Å². The zero-order chi connectivity index (χ0) is 15.4. The Balaban J connectivity index is 2.23. The number of rotatable bonds is 4. The molecule has 1 N–H and O–H groups in total. The van der Waals surface area contributed by atoms with Gasteiger partial charge in [0.1, 0.15) is 11.6 Å². The molecule has 0 saturated carbocycles. The van der Waals surface area contributed by atoms with Crippen LogP contribution in [-0.4, -0.2) is 24.5 Å². The normalized spacial score (nSPS) is 10.3. The minimum Gasteiger partial charge on any atom is -0.369 e. The third kappa shape index (κ3) is 3.49. The zero-order valence-electron chi connectivity index (χ0n) is 11.7. The van der Waals surface area contributed by atoms with Gasteiger partial charge in [-0.1, -0.05) is 11.6 Å². The topological polar surface area (TPSA) is 45.2 Å². The van der Waals surface area contributed by atoms with Gasteiger partial charge in [-0.15, -0.1) is 0 Å². The summed E-state index contributed by atoms with van der Waals surface area (Å²) in [5.74, 6) is -0.0708. The molecule has 0 aliphatic carbocycles. The van der Waals surface area contributed by atoms with Gasteiger partial charge in [0, 0.05) is 25.5 Å². The minimum atomic E-state index is -0.348. The Morgan fingerprint density at radius 3 is 2.62 bits per heavy atom. The lowest BCUT2D eigenvalue weighted by Crippen LogP contribution is -2.26. The quantitative estimate of drug-likeness (QED) is 0.939. The van der Waals surface area contributed by atoms with E-state index >= 15 is 0 Å². The summed E-state index contributed by atoms with van der Waals surface area (Å²) in [4.78, 5) is 17.9. The second-order valence-electron chi connectivity index (χ2n) is 4.43. The molecule has 0 aliphatic heterocycles. The van der Waals surface area contributed by atoms with Gasteiger partial charge in [-0.3, -0.25) is 4.79 Å². The smallest absolute Gasteiger partial charge is 0.259 e. The van der Waals surface area contributed by atoms with Gasteiger partial charge in [-0.25, -0.2) is 9.37 Å². The van der Waals surface area contributed by atoms with Crippen molar-refractivity contribution in [2.75, 3.05) is 23.8 Å². The van der Waals surface area contributed by atoms with Crippen molar-refractivity contribution < 1.29 is 9.18 Å². The van der Waals surface area contributed by atoms with E-state index in [1.807, 2.05) is 6.92 Å². The number of benzene rings is 1. The fourth-order valence-corrected chi connectivity index (χ4v) is 2.06. The van der Waals surface area contributed by atoms with Crippen molar-refractivity contribution in [2.24, 2.45) is 0 Å². The predicted octanol–water partition coefficient (Wildman–Crippen LogP) is 3.58. The summed E-state index contributed by atoms with van der Waals surface area (Å²) in [5, 5.41) is 3.38. The fraction of sp³-hybridized carbons (Fsp3) is 0.200. The number of amides is 1. The summed E-state index contributed by atoms with van der Waals surface area (Å²) >= 11 is 6.08. The molecule has 0 saturated heterocycles. The second-order valence-corrected chi connectivity index (χ2v) is 4.83. The highest BCUT2D eigenvalue weighted by molar-refractivity contribution is 6.33. The number of carbonyl (C=O) groups is 1. The van der Waals surface area contributed by atoms with Crippen molar-refractivity contribution in [2.45, 2.75) is 6.92 Å². The average molecular weight is 308 g/mol. The number of hydrogen-bond acceptors (Lipinski definition) is 3.